The second-order valence-electron chi connectivity index (χ2n) is 6.85. The van der Waals surface area contributed by atoms with E-state index < -0.39 is 5.97 Å². The SMILES string of the molecule is COC(=O)CNC(=O)Cc1ccc(NC(=O)Cc2csc(Cc3ccccc3)n2)cc1. The van der Waals surface area contributed by atoms with Crippen LogP contribution in [-0.2, 0) is 38.4 Å². The number of carbonyl (C=O) groups excluding carboxylic acids is 3. The van der Waals surface area contributed by atoms with Crippen LogP contribution in [0.4, 0.5) is 5.69 Å². The molecule has 1 heterocycles. The first-order chi connectivity index (χ1) is 15.0. The molecule has 0 aliphatic heterocycles. The Hall–Kier alpha value is -3.52. The Morgan fingerprint density at radius 1 is 0.935 bits per heavy atom. The lowest BCUT2D eigenvalue weighted by atomic mass is 10.1. The standard InChI is InChI=1S/C23H23N3O4S/c1-30-23(29)14-24-20(27)11-17-7-9-18(10-8-17)25-21(28)13-19-15-31-22(26-19)12-16-5-3-2-4-6-16/h2-10,15H,11-14H2,1H3,(H,24,27)(H,25,28). The molecule has 0 aliphatic rings. The molecule has 0 spiro atoms. The number of hydrogen-bond donors (Lipinski definition) is 2. The lowest BCUT2D eigenvalue weighted by molar-refractivity contribution is -0.141. The zero-order valence-corrected chi connectivity index (χ0v) is 17.9. The minimum absolute atomic E-state index is 0.133. The number of aromatic nitrogens is 1. The van der Waals surface area contributed by atoms with Gasteiger partial charge in [-0.3, -0.25) is 14.4 Å². The maximum Gasteiger partial charge on any atom is 0.325 e. The molecule has 0 radical (unpaired) electrons. The van der Waals surface area contributed by atoms with Crippen LogP contribution >= 0.6 is 11.3 Å². The summed E-state index contributed by atoms with van der Waals surface area (Å²) in [6.07, 6.45) is 1.08. The summed E-state index contributed by atoms with van der Waals surface area (Å²) in [6.45, 7) is -0.160. The number of hydrogen-bond acceptors (Lipinski definition) is 6. The van der Waals surface area contributed by atoms with Crippen molar-refractivity contribution < 1.29 is 19.1 Å². The summed E-state index contributed by atoms with van der Waals surface area (Å²) in [6, 6.07) is 17.1. The Kier molecular flexibility index (Phi) is 7.89. The molecular formula is C23H23N3O4S. The van der Waals surface area contributed by atoms with Crippen LogP contribution in [0.3, 0.4) is 0 Å². The van der Waals surface area contributed by atoms with E-state index in [0.29, 0.717) is 5.69 Å². The Labute approximate surface area is 184 Å². The molecule has 2 amide bonds. The average molecular weight is 438 g/mol. The van der Waals surface area contributed by atoms with E-state index >= 15 is 0 Å². The minimum Gasteiger partial charge on any atom is -0.468 e. The predicted octanol–water partition coefficient (Wildman–Crippen LogP) is 2.75. The molecule has 160 valence electrons. The Balaban J connectivity index is 1.46. The summed E-state index contributed by atoms with van der Waals surface area (Å²) >= 11 is 1.55. The van der Waals surface area contributed by atoms with E-state index in [4.69, 9.17) is 0 Å². The van der Waals surface area contributed by atoms with Gasteiger partial charge in [-0.15, -0.1) is 11.3 Å². The molecule has 3 aromatic rings. The topological polar surface area (TPSA) is 97.4 Å². The van der Waals surface area contributed by atoms with E-state index in [-0.39, 0.29) is 31.2 Å². The second kappa shape index (κ2) is 11.0. The number of nitrogens with zero attached hydrogens (tertiary/aromatic N) is 1. The fourth-order valence-corrected chi connectivity index (χ4v) is 3.68. The van der Waals surface area contributed by atoms with Crippen LogP contribution in [0.15, 0.2) is 60.0 Å². The zero-order valence-electron chi connectivity index (χ0n) is 17.1. The fraction of sp³-hybridized carbons (Fsp3) is 0.217. The number of methoxy groups -OCH3 is 1. The normalized spacial score (nSPS) is 10.4. The van der Waals surface area contributed by atoms with Gasteiger partial charge in [-0.25, -0.2) is 4.98 Å². The van der Waals surface area contributed by atoms with E-state index in [1.165, 1.54) is 12.7 Å². The highest BCUT2D eigenvalue weighted by atomic mass is 32.1. The van der Waals surface area contributed by atoms with Gasteiger partial charge >= 0.3 is 5.97 Å². The van der Waals surface area contributed by atoms with Crippen LogP contribution < -0.4 is 10.6 Å². The molecule has 0 unspecified atom stereocenters. The number of benzene rings is 2. The molecule has 0 saturated heterocycles. The largest absolute Gasteiger partial charge is 0.468 e. The number of carbonyl (C=O) groups is 3. The molecule has 1 aromatic heterocycles. The number of rotatable bonds is 9. The average Bonchev–Trinajstić information content (AvgIpc) is 3.20. The molecule has 0 atom stereocenters. The van der Waals surface area contributed by atoms with Gasteiger partial charge in [0, 0.05) is 17.5 Å². The molecule has 7 nitrogen and oxygen atoms in total. The lowest BCUT2D eigenvalue weighted by Crippen LogP contribution is -2.31. The molecule has 0 fully saturated rings. The van der Waals surface area contributed by atoms with E-state index in [1.807, 2.05) is 23.6 Å². The van der Waals surface area contributed by atoms with Crippen molar-refractivity contribution in [1.82, 2.24) is 10.3 Å². The third-order valence-electron chi connectivity index (χ3n) is 4.40. The summed E-state index contributed by atoms with van der Waals surface area (Å²) < 4.78 is 4.48. The summed E-state index contributed by atoms with van der Waals surface area (Å²) in [5.74, 6) is -0.934. The highest BCUT2D eigenvalue weighted by Gasteiger charge is 2.10. The Morgan fingerprint density at radius 2 is 1.68 bits per heavy atom. The molecule has 3 rings (SSSR count). The van der Waals surface area contributed by atoms with Crippen molar-refractivity contribution in [3.8, 4) is 0 Å². The molecule has 8 heteroatoms. The highest BCUT2D eigenvalue weighted by Crippen LogP contribution is 2.16. The van der Waals surface area contributed by atoms with Gasteiger partial charge in [-0.1, -0.05) is 42.5 Å². The van der Waals surface area contributed by atoms with Gasteiger partial charge < -0.3 is 15.4 Å². The van der Waals surface area contributed by atoms with Crippen LogP contribution in [0.25, 0.3) is 0 Å². The number of esters is 1. The number of thiazole rings is 1. The van der Waals surface area contributed by atoms with Crippen molar-refractivity contribution >= 4 is 34.8 Å². The van der Waals surface area contributed by atoms with Crippen molar-refractivity contribution in [3.05, 3.63) is 81.8 Å². The molecule has 2 aromatic carbocycles. The van der Waals surface area contributed by atoms with Gasteiger partial charge in [-0.05, 0) is 23.3 Å². The summed E-state index contributed by atoms with van der Waals surface area (Å²) in [5.41, 5.74) is 3.34. The molecule has 31 heavy (non-hydrogen) atoms. The molecule has 2 N–H and O–H groups in total. The quantitative estimate of drug-likeness (QED) is 0.502. The smallest absolute Gasteiger partial charge is 0.325 e. The van der Waals surface area contributed by atoms with E-state index in [0.717, 1.165) is 22.7 Å². The van der Waals surface area contributed by atoms with Gasteiger partial charge in [0.05, 0.1) is 30.7 Å². The first-order valence-electron chi connectivity index (χ1n) is 9.71. The zero-order chi connectivity index (χ0) is 22.1. The van der Waals surface area contributed by atoms with Gasteiger partial charge in [-0.2, -0.15) is 0 Å². The number of anilines is 1. The molecule has 0 aliphatic carbocycles. The van der Waals surface area contributed by atoms with Crippen molar-refractivity contribution in [2.24, 2.45) is 0 Å². The van der Waals surface area contributed by atoms with Crippen LogP contribution in [0.5, 0.6) is 0 Å². The third-order valence-corrected chi connectivity index (χ3v) is 5.30. The van der Waals surface area contributed by atoms with E-state index in [2.05, 4.69) is 32.5 Å². The maximum atomic E-state index is 12.3. The van der Waals surface area contributed by atoms with Crippen LogP contribution in [-0.4, -0.2) is 36.4 Å². The lowest BCUT2D eigenvalue weighted by Gasteiger charge is -2.07. The van der Waals surface area contributed by atoms with E-state index in [1.54, 1.807) is 35.6 Å². The summed E-state index contributed by atoms with van der Waals surface area (Å²) in [5, 5.41) is 8.21. The van der Waals surface area contributed by atoms with Gasteiger partial charge in [0.25, 0.3) is 0 Å². The first kappa shape index (κ1) is 22.2. The van der Waals surface area contributed by atoms with Gasteiger partial charge in [0.1, 0.15) is 6.54 Å². The first-order valence-corrected chi connectivity index (χ1v) is 10.6. The van der Waals surface area contributed by atoms with E-state index in [9.17, 15) is 14.4 Å². The number of ether oxygens (including phenoxy) is 1. The van der Waals surface area contributed by atoms with Crippen molar-refractivity contribution in [2.45, 2.75) is 19.3 Å². The Bertz CT molecular complexity index is 1030. The van der Waals surface area contributed by atoms with Gasteiger partial charge in [0.15, 0.2) is 0 Å². The minimum atomic E-state index is -0.501. The highest BCUT2D eigenvalue weighted by molar-refractivity contribution is 7.09. The number of nitrogens with one attached hydrogen (secondary N) is 2. The monoisotopic (exact) mass is 437 g/mol. The molecule has 0 saturated carbocycles. The summed E-state index contributed by atoms with van der Waals surface area (Å²) in [7, 11) is 1.26. The van der Waals surface area contributed by atoms with Crippen LogP contribution in [0.2, 0.25) is 0 Å². The van der Waals surface area contributed by atoms with Crippen molar-refractivity contribution in [1.29, 1.82) is 0 Å². The molecule has 0 bridgehead atoms. The fourth-order valence-electron chi connectivity index (χ4n) is 2.85. The summed E-state index contributed by atoms with van der Waals surface area (Å²) in [4.78, 5) is 39.8. The number of amides is 2. The predicted molar refractivity (Wildman–Crippen MR) is 119 cm³/mol. The van der Waals surface area contributed by atoms with Crippen LogP contribution in [0, 0.1) is 0 Å². The van der Waals surface area contributed by atoms with Gasteiger partial charge in [0.2, 0.25) is 11.8 Å². The Morgan fingerprint density at radius 3 is 2.39 bits per heavy atom. The second-order valence-corrected chi connectivity index (χ2v) is 7.79. The van der Waals surface area contributed by atoms with Crippen molar-refractivity contribution in [3.63, 3.8) is 0 Å². The van der Waals surface area contributed by atoms with Crippen molar-refractivity contribution in [2.75, 3.05) is 19.0 Å². The maximum absolute atomic E-state index is 12.3. The van der Waals surface area contributed by atoms with Crippen LogP contribution in [0.1, 0.15) is 21.8 Å². The third kappa shape index (κ3) is 7.35. The molecular weight excluding hydrogens is 414 g/mol.